The van der Waals surface area contributed by atoms with Gasteiger partial charge in [0.2, 0.25) is 0 Å². The fourth-order valence-electron chi connectivity index (χ4n) is 1.70. The molecule has 0 bridgehead atoms. The molecule has 106 valence electrons. The van der Waals surface area contributed by atoms with Crippen LogP contribution >= 0.6 is 0 Å². The fourth-order valence-corrected chi connectivity index (χ4v) is 1.70. The molecule has 1 aromatic carbocycles. The quantitative estimate of drug-likeness (QED) is 0.879. The van der Waals surface area contributed by atoms with Crippen molar-refractivity contribution in [3.63, 3.8) is 0 Å². The zero-order chi connectivity index (χ0) is 14.4. The number of nitrogens with one attached hydrogen (secondary N) is 1. The summed E-state index contributed by atoms with van der Waals surface area (Å²) in [6.45, 7) is 5.02. The minimum absolute atomic E-state index is 0.199. The summed E-state index contributed by atoms with van der Waals surface area (Å²) < 4.78 is 10.9. The number of ether oxygens (including phenoxy) is 1. The number of benzene rings is 1. The monoisotopic (exact) mass is 273 g/mol. The van der Waals surface area contributed by atoms with Crippen molar-refractivity contribution >= 4 is 5.91 Å². The molecule has 1 heterocycles. The van der Waals surface area contributed by atoms with Crippen molar-refractivity contribution in [3.8, 4) is 5.75 Å². The molecular weight excluding hydrogens is 254 g/mol. The number of carbonyl (C=O) groups is 1. The third kappa shape index (κ3) is 3.88. The number of hydrogen-bond acceptors (Lipinski definition) is 3. The van der Waals surface area contributed by atoms with Crippen molar-refractivity contribution in [2.45, 2.75) is 20.5 Å². The first-order valence-corrected chi connectivity index (χ1v) is 6.69. The summed E-state index contributed by atoms with van der Waals surface area (Å²) >= 11 is 0. The molecule has 0 atom stereocenters. The smallest absolute Gasteiger partial charge is 0.287 e. The highest BCUT2D eigenvalue weighted by molar-refractivity contribution is 5.92. The average Bonchev–Trinajstić information content (AvgIpc) is 2.92. The summed E-state index contributed by atoms with van der Waals surface area (Å²) in [4.78, 5) is 12.0. The third-order valence-corrected chi connectivity index (χ3v) is 2.76. The molecule has 4 nitrogen and oxygen atoms in total. The third-order valence-electron chi connectivity index (χ3n) is 2.76. The lowest BCUT2D eigenvalue weighted by atomic mass is 10.2. The van der Waals surface area contributed by atoms with Gasteiger partial charge in [-0.25, -0.2) is 0 Å². The maximum absolute atomic E-state index is 12.0. The number of furan rings is 1. The Morgan fingerprint density at radius 3 is 2.70 bits per heavy atom. The van der Waals surface area contributed by atoms with Crippen LogP contribution in [0, 0.1) is 5.92 Å². The molecule has 0 spiro atoms. The SMILES string of the molecule is CC(C)CNC(=O)c1occc1COc1ccccc1. The number of amides is 1. The molecule has 2 rings (SSSR count). The molecule has 0 radical (unpaired) electrons. The highest BCUT2D eigenvalue weighted by Gasteiger charge is 2.15. The van der Waals surface area contributed by atoms with Crippen molar-refractivity contribution in [3.05, 3.63) is 54.0 Å². The minimum Gasteiger partial charge on any atom is -0.489 e. The van der Waals surface area contributed by atoms with E-state index in [1.54, 1.807) is 6.07 Å². The molecule has 1 amide bonds. The second kappa shape index (κ2) is 6.80. The van der Waals surface area contributed by atoms with Gasteiger partial charge in [-0.15, -0.1) is 0 Å². The number of hydrogen-bond donors (Lipinski definition) is 1. The summed E-state index contributed by atoms with van der Waals surface area (Å²) in [5.41, 5.74) is 0.745. The summed E-state index contributed by atoms with van der Waals surface area (Å²) in [5.74, 6) is 1.29. The van der Waals surface area contributed by atoms with E-state index in [-0.39, 0.29) is 5.91 Å². The maximum Gasteiger partial charge on any atom is 0.287 e. The van der Waals surface area contributed by atoms with E-state index in [4.69, 9.17) is 9.15 Å². The minimum atomic E-state index is -0.199. The van der Waals surface area contributed by atoms with Gasteiger partial charge in [0.25, 0.3) is 5.91 Å². The van der Waals surface area contributed by atoms with Gasteiger partial charge < -0.3 is 14.5 Å². The number of carbonyl (C=O) groups excluding carboxylic acids is 1. The molecule has 0 saturated heterocycles. The van der Waals surface area contributed by atoms with Crippen molar-refractivity contribution < 1.29 is 13.9 Å². The normalized spacial score (nSPS) is 10.6. The first kappa shape index (κ1) is 14.2. The standard InChI is InChI=1S/C16H19NO3/c1-12(2)10-17-16(18)15-13(8-9-19-15)11-20-14-6-4-3-5-7-14/h3-9,12H,10-11H2,1-2H3,(H,17,18). The van der Waals surface area contributed by atoms with Crippen molar-refractivity contribution in [1.29, 1.82) is 0 Å². The first-order chi connectivity index (χ1) is 9.66. The highest BCUT2D eigenvalue weighted by Crippen LogP contribution is 2.15. The summed E-state index contributed by atoms with van der Waals surface area (Å²) in [5, 5.41) is 2.83. The van der Waals surface area contributed by atoms with Crippen LogP contribution in [0.3, 0.4) is 0 Å². The van der Waals surface area contributed by atoms with Crippen molar-refractivity contribution in [1.82, 2.24) is 5.32 Å². The molecule has 0 saturated carbocycles. The van der Waals surface area contributed by atoms with Gasteiger partial charge in [0.05, 0.1) is 6.26 Å². The van der Waals surface area contributed by atoms with Gasteiger partial charge in [-0.1, -0.05) is 32.0 Å². The van der Waals surface area contributed by atoms with Crippen LogP contribution < -0.4 is 10.1 Å². The second-order valence-electron chi connectivity index (χ2n) is 4.98. The van der Waals surface area contributed by atoms with E-state index in [0.29, 0.717) is 24.8 Å². The molecule has 20 heavy (non-hydrogen) atoms. The van der Waals surface area contributed by atoms with E-state index >= 15 is 0 Å². The van der Waals surface area contributed by atoms with Gasteiger partial charge in [0.1, 0.15) is 12.4 Å². The Morgan fingerprint density at radius 1 is 1.25 bits per heavy atom. The summed E-state index contributed by atoms with van der Waals surface area (Å²) in [6, 6.07) is 11.2. The number of rotatable bonds is 6. The summed E-state index contributed by atoms with van der Waals surface area (Å²) in [7, 11) is 0. The average molecular weight is 273 g/mol. The van der Waals surface area contributed by atoms with E-state index in [1.807, 2.05) is 44.2 Å². The lowest BCUT2D eigenvalue weighted by Crippen LogP contribution is -2.27. The van der Waals surface area contributed by atoms with E-state index < -0.39 is 0 Å². The topological polar surface area (TPSA) is 51.5 Å². The Hall–Kier alpha value is -2.23. The van der Waals surface area contributed by atoms with Crippen LogP contribution in [-0.4, -0.2) is 12.5 Å². The Kier molecular flexibility index (Phi) is 4.82. The highest BCUT2D eigenvalue weighted by atomic mass is 16.5. The maximum atomic E-state index is 12.0. The van der Waals surface area contributed by atoms with Gasteiger partial charge >= 0.3 is 0 Å². The number of para-hydroxylation sites is 1. The molecule has 1 N–H and O–H groups in total. The van der Waals surface area contributed by atoms with Crippen LogP contribution in [0.5, 0.6) is 5.75 Å². The zero-order valence-electron chi connectivity index (χ0n) is 11.8. The van der Waals surface area contributed by atoms with E-state index in [1.165, 1.54) is 6.26 Å². The molecule has 0 aliphatic rings. The lowest BCUT2D eigenvalue weighted by Gasteiger charge is -2.08. The summed E-state index contributed by atoms with van der Waals surface area (Å²) in [6.07, 6.45) is 1.51. The molecule has 0 aliphatic carbocycles. The Morgan fingerprint density at radius 2 is 2.00 bits per heavy atom. The van der Waals surface area contributed by atoms with Crippen LogP contribution in [0.4, 0.5) is 0 Å². The molecular formula is C16H19NO3. The zero-order valence-corrected chi connectivity index (χ0v) is 11.8. The van der Waals surface area contributed by atoms with Gasteiger partial charge in [0.15, 0.2) is 5.76 Å². The molecule has 2 aromatic rings. The van der Waals surface area contributed by atoms with Crippen LogP contribution in [0.15, 0.2) is 47.1 Å². The van der Waals surface area contributed by atoms with Crippen LogP contribution in [0.25, 0.3) is 0 Å². The van der Waals surface area contributed by atoms with Crippen molar-refractivity contribution in [2.24, 2.45) is 5.92 Å². The Bertz CT molecular complexity index is 546. The van der Waals surface area contributed by atoms with Gasteiger partial charge in [-0.3, -0.25) is 4.79 Å². The van der Waals surface area contributed by atoms with Crippen LogP contribution in [0.2, 0.25) is 0 Å². The first-order valence-electron chi connectivity index (χ1n) is 6.69. The van der Waals surface area contributed by atoms with E-state index in [9.17, 15) is 4.79 Å². The molecule has 0 aliphatic heterocycles. The van der Waals surface area contributed by atoms with Gasteiger partial charge in [0, 0.05) is 12.1 Å². The second-order valence-corrected chi connectivity index (χ2v) is 4.98. The van der Waals surface area contributed by atoms with Crippen LogP contribution in [-0.2, 0) is 6.61 Å². The van der Waals surface area contributed by atoms with Gasteiger partial charge in [-0.2, -0.15) is 0 Å². The van der Waals surface area contributed by atoms with E-state index in [2.05, 4.69) is 5.32 Å². The Balaban J connectivity index is 1.96. The molecule has 0 unspecified atom stereocenters. The largest absolute Gasteiger partial charge is 0.489 e. The Labute approximate surface area is 118 Å². The molecule has 0 fully saturated rings. The van der Waals surface area contributed by atoms with Crippen LogP contribution in [0.1, 0.15) is 30.0 Å². The predicted octanol–water partition coefficient (Wildman–Crippen LogP) is 3.24. The fraction of sp³-hybridized carbons (Fsp3) is 0.312. The van der Waals surface area contributed by atoms with E-state index in [0.717, 1.165) is 11.3 Å². The molecule has 4 heteroatoms. The van der Waals surface area contributed by atoms with Crippen molar-refractivity contribution in [2.75, 3.05) is 6.54 Å². The lowest BCUT2D eigenvalue weighted by molar-refractivity contribution is 0.0918. The predicted molar refractivity (Wildman–Crippen MR) is 76.7 cm³/mol. The van der Waals surface area contributed by atoms with Gasteiger partial charge in [-0.05, 0) is 24.1 Å². The molecule has 1 aromatic heterocycles.